The number of halogens is 2. The highest BCUT2D eigenvalue weighted by atomic mass is 35.5. The van der Waals surface area contributed by atoms with Crippen LogP contribution in [-0.4, -0.2) is 48.2 Å². The van der Waals surface area contributed by atoms with Gasteiger partial charge in [0.2, 0.25) is 10.0 Å². The van der Waals surface area contributed by atoms with Gasteiger partial charge in [0.15, 0.2) is 5.75 Å². The number of carbonyl (C=O) groups is 1. The van der Waals surface area contributed by atoms with Crippen LogP contribution in [0.5, 0.6) is 5.75 Å². The normalized spacial score (nSPS) is 14.0. The quantitative estimate of drug-likeness (QED) is 0.738. The Kier molecular flexibility index (Phi) is 5.83. The predicted octanol–water partition coefficient (Wildman–Crippen LogP) is 1.87. The number of nitrogens with zero attached hydrogens (tertiary/aromatic N) is 3. The van der Waals surface area contributed by atoms with Gasteiger partial charge in [-0.1, -0.05) is 17.7 Å². The number of fused-ring (bicyclic) bond motifs is 1. The highest BCUT2D eigenvalue weighted by molar-refractivity contribution is 7.92. The second-order valence-electron chi connectivity index (χ2n) is 6.98. The maximum absolute atomic E-state index is 13.4. The molecule has 0 radical (unpaired) electrons. The van der Waals surface area contributed by atoms with Crippen LogP contribution in [0.4, 0.5) is 10.2 Å². The first kappa shape index (κ1) is 22.1. The van der Waals surface area contributed by atoms with Crippen molar-refractivity contribution in [2.75, 3.05) is 23.7 Å². The molecule has 1 aromatic heterocycles. The maximum atomic E-state index is 13.4. The van der Waals surface area contributed by atoms with Crippen LogP contribution >= 0.6 is 11.6 Å². The van der Waals surface area contributed by atoms with E-state index in [2.05, 4.69) is 0 Å². The van der Waals surface area contributed by atoms with Crippen LogP contribution in [0.1, 0.15) is 28.4 Å². The minimum atomic E-state index is -3.71. The number of amides is 1. The average Bonchev–Trinajstić information content (AvgIpc) is 2.70. The molecule has 0 saturated heterocycles. The van der Waals surface area contributed by atoms with Gasteiger partial charge in [0.05, 0.1) is 16.3 Å². The number of carbonyl (C=O) groups excluding carboxylic acids is 1. The van der Waals surface area contributed by atoms with Crippen LogP contribution in [0.25, 0.3) is 0 Å². The number of rotatable bonds is 5. The van der Waals surface area contributed by atoms with Crippen molar-refractivity contribution >= 4 is 33.3 Å². The van der Waals surface area contributed by atoms with Crippen molar-refractivity contribution in [1.82, 2.24) is 9.47 Å². The van der Waals surface area contributed by atoms with Crippen LogP contribution in [0, 0.1) is 5.82 Å². The van der Waals surface area contributed by atoms with Gasteiger partial charge in [-0.3, -0.25) is 18.5 Å². The van der Waals surface area contributed by atoms with Gasteiger partial charge >= 0.3 is 0 Å². The van der Waals surface area contributed by atoms with E-state index in [4.69, 9.17) is 11.6 Å². The minimum Gasteiger partial charge on any atom is -0.502 e. The third kappa shape index (κ3) is 3.65. The van der Waals surface area contributed by atoms with Crippen molar-refractivity contribution in [3.63, 3.8) is 0 Å². The summed E-state index contributed by atoms with van der Waals surface area (Å²) >= 11 is 5.80. The Hall–Kier alpha value is -2.59. The molecule has 1 aliphatic heterocycles. The second kappa shape index (κ2) is 7.92. The molecule has 1 amide bonds. The van der Waals surface area contributed by atoms with Gasteiger partial charge in [-0.25, -0.2) is 12.8 Å². The standard InChI is InChI=1S/C19H21ClFN3O5S/c1-4-30(28,29)23(3)17-12-7-8-24(10-11-5-6-14(21)13(20)9-11)18(26)15(12)16(25)19(27)22(17)2/h5-6,9,25H,4,7-8,10H2,1-3H3. The number of hydrogen-bond donors (Lipinski definition) is 1. The molecular weight excluding hydrogens is 437 g/mol. The largest absolute Gasteiger partial charge is 0.502 e. The maximum Gasteiger partial charge on any atom is 0.294 e. The molecular formula is C19H21ClFN3O5S. The van der Waals surface area contributed by atoms with Crippen LogP contribution in [0.2, 0.25) is 5.02 Å². The zero-order valence-electron chi connectivity index (χ0n) is 16.6. The molecule has 2 aromatic rings. The van der Waals surface area contributed by atoms with Gasteiger partial charge in [0.25, 0.3) is 11.5 Å². The number of aromatic hydroxyl groups is 1. The summed E-state index contributed by atoms with van der Waals surface area (Å²) in [5.41, 5.74) is -0.229. The van der Waals surface area contributed by atoms with Crippen molar-refractivity contribution < 1.29 is 22.7 Å². The Morgan fingerprint density at radius 2 is 1.97 bits per heavy atom. The third-order valence-electron chi connectivity index (χ3n) is 5.20. The van der Waals surface area contributed by atoms with Crippen molar-refractivity contribution in [2.24, 2.45) is 7.05 Å². The molecule has 8 nitrogen and oxygen atoms in total. The lowest BCUT2D eigenvalue weighted by molar-refractivity contribution is 0.0722. The highest BCUT2D eigenvalue weighted by Gasteiger charge is 2.35. The number of sulfonamides is 1. The van der Waals surface area contributed by atoms with Crippen LogP contribution in [-0.2, 0) is 30.0 Å². The predicted molar refractivity (Wildman–Crippen MR) is 111 cm³/mol. The van der Waals surface area contributed by atoms with Crippen molar-refractivity contribution in [3.8, 4) is 5.75 Å². The summed E-state index contributed by atoms with van der Waals surface area (Å²) in [6, 6.07) is 4.08. The molecule has 0 bridgehead atoms. The minimum absolute atomic E-state index is 0.0486. The highest BCUT2D eigenvalue weighted by Crippen LogP contribution is 2.33. The zero-order valence-corrected chi connectivity index (χ0v) is 18.2. The van der Waals surface area contributed by atoms with Crippen molar-refractivity contribution in [2.45, 2.75) is 19.9 Å². The molecule has 1 aliphatic rings. The van der Waals surface area contributed by atoms with E-state index in [9.17, 15) is 27.5 Å². The van der Waals surface area contributed by atoms with Gasteiger partial charge in [0, 0.05) is 32.7 Å². The van der Waals surface area contributed by atoms with E-state index in [1.807, 2.05) is 0 Å². The number of aromatic nitrogens is 1. The fourth-order valence-electron chi connectivity index (χ4n) is 3.53. The molecule has 1 aromatic carbocycles. The molecule has 0 spiro atoms. The number of benzene rings is 1. The Balaban J connectivity index is 2.09. The summed E-state index contributed by atoms with van der Waals surface area (Å²) < 4.78 is 40.2. The zero-order chi connectivity index (χ0) is 22.4. The SMILES string of the molecule is CCS(=O)(=O)N(C)c1c2c(c(O)c(=O)n1C)C(=O)N(Cc1ccc(F)c(Cl)c1)CC2. The Bertz CT molecular complexity index is 1200. The van der Waals surface area contributed by atoms with Crippen LogP contribution in [0.15, 0.2) is 23.0 Å². The number of anilines is 1. The van der Waals surface area contributed by atoms with Gasteiger partial charge < -0.3 is 10.0 Å². The first-order chi connectivity index (χ1) is 14.0. The first-order valence-corrected chi connectivity index (χ1v) is 11.1. The third-order valence-corrected chi connectivity index (χ3v) is 7.23. The lowest BCUT2D eigenvalue weighted by Gasteiger charge is -2.33. The molecule has 11 heteroatoms. The van der Waals surface area contributed by atoms with E-state index in [1.54, 1.807) is 0 Å². The number of pyridine rings is 1. The Morgan fingerprint density at radius 1 is 1.30 bits per heavy atom. The average molecular weight is 458 g/mol. The molecule has 0 aliphatic carbocycles. The molecule has 0 atom stereocenters. The van der Waals surface area contributed by atoms with E-state index >= 15 is 0 Å². The lowest BCUT2D eigenvalue weighted by atomic mass is 9.98. The summed E-state index contributed by atoms with van der Waals surface area (Å²) in [5.74, 6) is -2.08. The van der Waals surface area contributed by atoms with E-state index in [1.165, 1.54) is 44.1 Å². The second-order valence-corrected chi connectivity index (χ2v) is 9.68. The lowest BCUT2D eigenvalue weighted by Crippen LogP contribution is -2.42. The molecule has 0 unspecified atom stereocenters. The topological polar surface area (TPSA) is 99.9 Å². The molecule has 30 heavy (non-hydrogen) atoms. The smallest absolute Gasteiger partial charge is 0.294 e. The Labute approximate surface area is 178 Å². The van der Waals surface area contributed by atoms with Gasteiger partial charge in [0.1, 0.15) is 11.6 Å². The molecule has 1 N–H and O–H groups in total. The van der Waals surface area contributed by atoms with E-state index in [0.717, 1.165) is 8.87 Å². The fourth-order valence-corrected chi connectivity index (χ4v) is 4.62. The van der Waals surface area contributed by atoms with Crippen molar-refractivity contribution in [3.05, 3.63) is 56.1 Å². The Morgan fingerprint density at radius 3 is 2.57 bits per heavy atom. The van der Waals surface area contributed by atoms with Gasteiger partial charge in [-0.15, -0.1) is 0 Å². The summed E-state index contributed by atoms with van der Waals surface area (Å²) in [6.07, 6.45) is 0.219. The fraction of sp³-hybridized carbons (Fsp3) is 0.368. The van der Waals surface area contributed by atoms with Gasteiger partial charge in [-0.2, -0.15) is 0 Å². The summed E-state index contributed by atoms with van der Waals surface area (Å²) in [4.78, 5) is 27.0. The molecule has 2 heterocycles. The first-order valence-electron chi connectivity index (χ1n) is 9.14. The van der Waals surface area contributed by atoms with Gasteiger partial charge in [-0.05, 0) is 31.0 Å². The molecule has 162 valence electrons. The molecule has 0 saturated carbocycles. The number of hydrogen-bond acceptors (Lipinski definition) is 5. The molecule has 0 fully saturated rings. The van der Waals surface area contributed by atoms with E-state index in [-0.39, 0.29) is 47.2 Å². The van der Waals surface area contributed by atoms with Crippen LogP contribution in [0.3, 0.4) is 0 Å². The van der Waals surface area contributed by atoms with Crippen LogP contribution < -0.4 is 9.86 Å². The van der Waals surface area contributed by atoms with Crippen molar-refractivity contribution in [1.29, 1.82) is 0 Å². The summed E-state index contributed by atoms with van der Waals surface area (Å²) in [7, 11) is -1.06. The molecule has 3 rings (SSSR count). The van der Waals surface area contributed by atoms with E-state index in [0.29, 0.717) is 5.56 Å². The van der Waals surface area contributed by atoms with E-state index < -0.39 is 33.1 Å². The summed E-state index contributed by atoms with van der Waals surface area (Å²) in [5, 5.41) is 10.3. The monoisotopic (exact) mass is 457 g/mol. The summed E-state index contributed by atoms with van der Waals surface area (Å²) in [6.45, 7) is 1.77.